The van der Waals surface area contributed by atoms with Gasteiger partial charge < -0.3 is 9.64 Å². The van der Waals surface area contributed by atoms with Gasteiger partial charge in [-0.1, -0.05) is 0 Å². The van der Waals surface area contributed by atoms with E-state index in [2.05, 4.69) is 14.6 Å². The first-order valence-electron chi connectivity index (χ1n) is 6.67. The molecule has 0 aliphatic carbocycles. The molecule has 1 fully saturated rings. The van der Waals surface area contributed by atoms with E-state index in [1.54, 1.807) is 0 Å². The minimum absolute atomic E-state index is 0.0572. The third kappa shape index (κ3) is 3.60. The van der Waals surface area contributed by atoms with Crippen molar-refractivity contribution in [1.29, 1.82) is 0 Å². The number of sulfonamides is 1. The van der Waals surface area contributed by atoms with Gasteiger partial charge in [0.15, 0.2) is 9.90 Å². The maximum atomic E-state index is 12.5. The Hall–Kier alpha value is -1.03. The molecule has 2 heterocycles. The van der Waals surface area contributed by atoms with Gasteiger partial charge in [0.2, 0.25) is 0 Å². The Morgan fingerprint density at radius 1 is 1.48 bits per heavy atom. The number of carbonyl (C=O) groups excluding carboxylic acids is 1. The summed E-state index contributed by atoms with van der Waals surface area (Å²) in [5.41, 5.74) is 1.20. The third-order valence-electron chi connectivity index (χ3n) is 3.49. The van der Waals surface area contributed by atoms with Crippen molar-refractivity contribution in [3.05, 3.63) is 11.2 Å². The molecule has 1 aromatic heterocycles. The van der Waals surface area contributed by atoms with Crippen LogP contribution in [0.1, 0.15) is 23.3 Å². The summed E-state index contributed by atoms with van der Waals surface area (Å²) in [6.07, 6.45) is 2.33. The average molecular weight is 333 g/mol. The molecule has 0 unspecified atom stereocenters. The first-order valence-corrected chi connectivity index (χ1v) is 8.99. The van der Waals surface area contributed by atoms with E-state index in [0.717, 1.165) is 37.3 Å². The Labute approximate surface area is 128 Å². The molecule has 1 aliphatic heterocycles. The van der Waals surface area contributed by atoms with Gasteiger partial charge in [-0.2, -0.15) is 4.31 Å². The van der Waals surface area contributed by atoms with Crippen LogP contribution in [0.3, 0.4) is 0 Å². The SMILES string of the molecule is COC(=O)c1ncsc1S(=O)(=O)N(C)CCN1CCCC1. The van der Waals surface area contributed by atoms with Crippen LogP contribution < -0.4 is 0 Å². The van der Waals surface area contributed by atoms with E-state index in [4.69, 9.17) is 0 Å². The van der Waals surface area contributed by atoms with Gasteiger partial charge in [0.1, 0.15) is 0 Å². The zero-order valence-corrected chi connectivity index (χ0v) is 13.7. The molecule has 0 atom stereocenters. The Balaban J connectivity index is 2.09. The van der Waals surface area contributed by atoms with Crippen molar-refractivity contribution in [2.75, 3.05) is 40.3 Å². The first-order chi connectivity index (χ1) is 9.96. The molecule has 0 N–H and O–H groups in total. The summed E-state index contributed by atoms with van der Waals surface area (Å²) in [4.78, 5) is 17.6. The van der Waals surface area contributed by atoms with Gasteiger partial charge in [0.25, 0.3) is 10.0 Å². The number of ether oxygens (including phenoxy) is 1. The third-order valence-corrected chi connectivity index (χ3v) is 6.69. The lowest BCUT2D eigenvalue weighted by atomic mass is 10.4. The number of esters is 1. The molecule has 0 radical (unpaired) electrons. The molecule has 21 heavy (non-hydrogen) atoms. The Morgan fingerprint density at radius 3 is 2.76 bits per heavy atom. The minimum Gasteiger partial charge on any atom is -0.464 e. The highest BCUT2D eigenvalue weighted by molar-refractivity contribution is 7.91. The van der Waals surface area contributed by atoms with Crippen LogP contribution in [0.5, 0.6) is 0 Å². The average Bonchev–Trinajstić information content (AvgIpc) is 3.14. The van der Waals surface area contributed by atoms with Gasteiger partial charge in [-0.15, -0.1) is 11.3 Å². The molecule has 0 amide bonds. The van der Waals surface area contributed by atoms with E-state index in [9.17, 15) is 13.2 Å². The monoisotopic (exact) mass is 333 g/mol. The molecule has 0 aromatic carbocycles. The molecule has 1 aliphatic rings. The van der Waals surface area contributed by atoms with Crippen LogP contribution in [0, 0.1) is 0 Å². The molecule has 9 heteroatoms. The molecule has 1 saturated heterocycles. The van der Waals surface area contributed by atoms with E-state index in [0.29, 0.717) is 13.1 Å². The normalized spacial score (nSPS) is 16.5. The summed E-state index contributed by atoms with van der Waals surface area (Å²) in [5.74, 6) is -0.734. The minimum atomic E-state index is -3.71. The van der Waals surface area contributed by atoms with Crippen LogP contribution in [-0.2, 0) is 14.8 Å². The largest absolute Gasteiger partial charge is 0.464 e. The zero-order valence-electron chi connectivity index (χ0n) is 12.1. The Bertz CT molecular complexity index is 593. The molecule has 2 rings (SSSR count). The number of nitrogens with zero attached hydrogens (tertiary/aromatic N) is 3. The Kier molecular flexibility index (Phi) is 5.31. The maximum Gasteiger partial charge on any atom is 0.358 e. The van der Waals surface area contributed by atoms with Gasteiger partial charge in [-0.05, 0) is 25.9 Å². The van der Waals surface area contributed by atoms with Gasteiger partial charge in [-0.25, -0.2) is 18.2 Å². The standard InChI is InChI=1S/C12H19N3O4S2/c1-14(7-8-15-5-3-4-6-15)21(17,18)12-10(11(16)19-2)13-9-20-12/h9H,3-8H2,1-2H3. The summed E-state index contributed by atoms with van der Waals surface area (Å²) in [5, 5.41) is 0. The van der Waals surface area contributed by atoms with E-state index in [-0.39, 0.29) is 9.90 Å². The van der Waals surface area contributed by atoms with Crippen molar-refractivity contribution in [2.24, 2.45) is 0 Å². The number of carbonyl (C=O) groups is 1. The lowest BCUT2D eigenvalue weighted by molar-refractivity contribution is 0.0590. The van der Waals surface area contributed by atoms with Crippen molar-refractivity contribution in [1.82, 2.24) is 14.2 Å². The number of likely N-dealkylation sites (tertiary alicyclic amines) is 1. The van der Waals surface area contributed by atoms with Crippen molar-refractivity contribution in [3.8, 4) is 0 Å². The number of methoxy groups -OCH3 is 1. The lowest BCUT2D eigenvalue weighted by Gasteiger charge is -2.20. The van der Waals surface area contributed by atoms with E-state index in [1.165, 1.54) is 24.0 Å². The second-order valence-corrected chi connectivity index (χ2v) is 7.95. The second-order valence-electron chi connectivity index (χ2n) is 4.86. The molecular formula is C12H19N3O4S2. The van der Waals surface area contributed by atoms with Gasteiger partial charge in [0, 0.05) is 20.1 Å². The fourth-order valence-electron chi connectivity index (χ4n) is 2.20. The summed E-state index contributed by atoms with van der Waals surface area (Å²) in [6, 6.07) is 0. The van der Waals surface area contributed by atoms with Crippen LogP contribution in [0.2, 0.25) is 0 Å². The highest BCUT2D eigenvalue weighted by Gasteiger charge is 2.30. The topological polar surface area (TPSA) is 79.8 Å². The number of rotatable bonds is 6. The first kappa shape index (κ1) is 16.3. The highest BCUT2D eigenvalue weighted by Crippen LogP contribution is 2.24. The molecule has 118 valence electrons. The molecule has 7 nitrogen and oxygen atoms in total. The summed E-state index contributed by atoms with van der Waals surface area (Å²) in [6.45, 7) is 3.12. The predicted molar refractivity (Wildman–Crippen MR) is 78.9 cm³/mol. The summed E-state index contributed by atoms with van der Waals surface area (Å²) >= 11 is 0.931. The van der Waals surface area contributed by atoms with E-state index < -0.39 is 16.0 Å². The van der Waals surface area contributed by atoms with Crippen molar-refractivity contribution >= 4 is 27.3 Å². The van der Waals surface area contributed by atoms with Gasteiger partial charge in [-0.3, -0.25) is 0 Å². The molecule has 0 spiro atoms. The van der Waals surface area contributed by atoms with Crippen LogP contribution in [0.4, 0.5) is 0 Å². The zero-order chi connectivity index (χ0) is 15.5. The van der Waals surface area contributed by atoms with Crippen LogP contribution in [0.25, 0.3) is 0 Å². The summed E-state index contributed by atoms with van der Waals surface area (Å²) < 4.78 is 30.8. The smallest absolute Gasteiger partial charge is 0.358 e. The van der Waals surface area contributed by atoms with Gasteiger partial charge in [0.05, 0.1) is 12.6 Å². The molecule has 0 saturated carbocycles. The van der Waals surface area contributed by atoms with E-state index >= 15 is 0 Å². The molecule has 1 aromatic rings. The van der Waals surface area contributed by atoms with Crippen LogP contribution >= 0.6 is 11.3 Å². The fraction of sp³-hybridized carbons (Fsp3) is 0.667. The van der Waals surface area contributed by atoms with E-state index in [1.807, 2.05) is 0 Å². The molecular weight excluding hydrogens is 314 g/mol. The molecule has 0 bridgehead atoms. The summed E-state index contributed by atoms with van der Waals surface area (Å²) in [7, 11) is -0.988. The number of hydrogen-bond acceptors (Lipinski definition) is 7. The van der Waals surface area contributed by atoms with Gasteiger partial charge >= 0.3 is 5.97 Å². The predicted octanol–water partition coefficient (Wildman–Crippen LogP) is 0.646. The number of aromatic nitrogens is 1. The van der Waals surface area contributed by atoms with Crippen molar-refractivity contribution < 1.29 is 17.9 Å². The van der Waals surface area contributed by atoms with Crippen LogP contribution in [0.15, 0.2) is 9.72 Å². The maximum absolute atomic E-state index is 12.5. The fourth-order valence-corrected chi connectivity index (χ4v) is 4.69. The Morgan fingerprint density at radius 2 is 2.14 bits per heavy atom. The van der Waals surface area contributed by atoms with Crippen molar-refractivity contribution in [2.45, 2.75) is 17.1 Å². The number of hydrogen-bond donors (Lipinski definition) is 0. The highest BCUT2D eigenvalue weighted by atomic mass is 32.2. The lowest BCUT2D eigenvalue weighted by Crippen LogP contribution is -2.35. The number of likely N-dealkylation sites (N-methyl/N-ethyl adjacent to an activating group) is 1. The van der Waals surface area contributed by atoms with Crippen molar-refractivity contribution in [3.63, 3.8) is 0 Å². The number of thiazole rings is 1. The quantitative estimate of drug-likeness (QED) is 0.711. The second kappa shape index (κ2) is 6.82. The van der Waals surface area contributed by atoms with Crippen LogP contribution in [-0.4, -0.2) is 68.9 Å².